The topological polar surface area (TPSA) is 49.8 Å². The molecule has 1 aromatic rings. The Morgan fingerprint density at radius 2 is 2.00 bits per heavy atom. The predicted octanol–water partition coefficient (Wildman–Crippen LogP) is 5.91. The number of hydrogen-bond donors (Lipinski definition) is 1. The lowest BCUT2D eigenvalue weighted by Gasteiger charge is -2.42. The molecule has 4 nitrogen and oxygen atoms in total. The fraction of sp³-hybridized carbons (Fsp3) is 0.560. The maximum atomic E-state index is 11.8. The molecule has 0 saturated carbocycles. The van der Waals surface area contributed by atoms with Gasteiger partial charge in [-0.3, -0.25) is 9.69 Å². The Balaban J connectivity index is 1.78. The minimum Gasteiger partial charge on any atom is -0.496 e. The third kappa shape index (κ3) is 5.30. The van der Waals surface area contributed by atoms with Crippen LogP contribution in [0.3, 0.4) is 0 Å². The highest BCUT2D eigenvalue weighted by atomic mass is 32.2. The molecule has 164 valence electrons. The van der Waals surface area contributed by atoms with Crippen LogP contribution in [-0.2, 0) is 4.79 Å². The van der Waals surface area contributed by atoms with Crippen molar-refractivity contribution < 1.29 is 14.6 Å². The zero-order valence-corrected chi connectivity index (χ0v) is 19.7. The van der Waals surface area contributed by atoms with Gasteiger partial charge >= 0.3 is 5.97 Å². The molecule has 0 aliphatic carbocycles. The number of benzene rings is 1. The van der Waals surface area contributed by atoms with Gasteiger partial charge in [0.25, 0.3) is 0 Å². The third-order valence-electron chi connectivity index (χ3n) is 6.39. The smallest absolute Gasteiger partial charge is 0.307 e. The predicted molar refractivity (Wildman–Crippen MR) is 126 cm³/mol. The van der Waals surface area contributed by atoms with E-state index in [4.69, 9.17) is 4.74 Å². The quantitative estimate of drug-likeness (QED) is 0.609. The van der Waals surface area contributed by atoms with Crippen LogP contribution in [-0.4, -0.2) is 42.7 Å². The number of methoxy groups -OCH3 is 1. The molecular weight excluding hydrogens is 394 g/mol. The number of thioether (sulfide) groups is 1. The second-order valence-electron chi connectivity index (χ2n) is 9.49. The van der Waals surface area contributed by atoms with Gasteiger partial charge in [-0.15, -0.1) is 0 Å². The van der Waals surface area contributed by atoms with E-state index in [-0.39, 0.29) is 11.3 Å². The van der Waals surface area contributed by atoms with E-state index in [1.54, 1.807) is 7.11 Å². The Labute approximate surface area is 185 Å². The molecule has 0 bridgehead atoms. The summed E-state index contributed by atoms with van der Waals surface area (Å²) in [4.78, 5) is 16.8. The lowest BCUT2D eigenvalue weighted by Crippen LogP contribution is -2.47. The van der Waals surface area contributed by atoms with Crippen molar-refractivity contribution in [3.05, 3.63) is 46.4 Å². The van der Waals surface area contributed by atoms with Crippen molar-refractivity contribution in [2.45, 2.75) is 47.0 Å². The second-order valence-corrected chi connectivity index (χ2v) is 10.6. The standard InChI is InChI=1S/C25H35NO3S/c1-6-17-11-12-20(30-23(17)21-9-7-8-10-22(21)29-5)16-26-14-18(24(27)28)13-19(15-26)25(2,3)4/h7-10,12,18-19H,6,11,13-16H2,1-5H3,(H,27,28)/t18-,19?/m1/s1. The number of piperidine rings is 1. The summed E-state index contributed by atoms with van der Waals surface area (Å²) >= 11 is 1.83. The molecule has 5 heteroatoms. The highest BCUT2D eigenvalue weighted by Gasteiger charge is 2.37. The molecule has 0 radical (unpaired) electrons. The molecule has 1 aromatic carbocycles. The molecule has 1 unspecified atom stereocenters. The molecule has 0 spiro atoms. The minimum absolute atomic E-state index is 0.109. The maximum Gasteiger partial charge on any atom is 0.307 e. The molecule has 2 aliphatic rings. The van der Waals surface area contributed by atoms with E-state index in [1.807, 2.05) is 23.9 Å². The molecule has 0 amide bonds. The van der Waals surface area contributed by atoms with E-state index < -0.39 is 5.97 Å². The van der Waals surface area contributed by atoms with E-state index in [9.17, 15) is 9.90 Å². The molecule has 2 atom stereocenters. The fourth-order valence-electron chi connectivity index (χ4n) is 4.40. The summed E-state index contributed by atoms with van der Waals surface area (Å²) in [6, 6.07) is 8.22. The lowest BCUT2D eigenvalue weighted by molar-refractivity contribution is -0.145. The number of carbonyl (C=O) groups is 1. The monoisotopic (exact) mass is 429 g/mol. The van der Waals surface area contributed by atoms with E-state index in [0.29, 0.717) is 12.5 Å². The molecule has 1 saturated heterocycles. The Bertz CT molecular complexity index is 837. The van der Waals surface area contributed by atoms with Crippen molar-refractivity contribution >= 4 is 22.6 Å². The highest BCUT2D eigenvalue weighted by Crippen LogP contribution is 2.46. The summed E-state index contributed by atoms with van der Waals surface area (Å²) in [5.41, 5.74) is 2.70. The number of carboxylic acids is 1. The largest absolute Gasteiger partial charge is 0.496 e. The summed E-state index contributed by atoms with van der Waals surface area (Å²) in [7, 11) is 1.72. The number of nitrogens with zero attached hydrogens (tertiary/aromatic N) is 1. The zero-order valence-electron chi connectivity index (χ0n) is 18.9. The van der Waals surface area contributed by atoms with E-state index in [0.717, 1.165) is 43.7 Å². The highest BCUT2D eigenvalue weighted by molar-refractivity contribution is 8.11. The summed E-state index contributed by atoms with van der Waals surface area (Å²) in [6.45, 7) is 11.3. The van der Waals surface area contributed by atoms with Crippen molar-refractivity contribution in [3.63, 3.8) is 0 Å². The molecule has 3 rings (SSSR count). The Morgan fingerprint density at radius 1 is 1.27 bits per heavy atom. The number of allylic oxidation sites excluding steroid dienone is 2. The van der Waals surface area contributed by atoms with Gasteiger partial charge in [-0.1, -0.05) is 69.3 Å². The normalized spacial score (nSPS) is 23.3. The first-order chi connectivity index (χ1) is 14.2. The van der Waals surface area contributed by atoms with E-state index in [1.165, 1.54) is 15.4 Å². The second kappa shape index (κ2) is 9.61. The van der Waals surface area contributed by atoms with E-state index >= 15 is 0 Å². The first kappa shape index (κ1) is 23.0. The van der Waals surface area contributed by atoms with Crippen molar-refractivity contribution in [2.75, 3.05) is 26.7 Å². The van der Waals surface area contributed by atoms with Gasteiger partial charge in [-0.2, -0.15) is 0 Å². The first-order valence-corrected chi connectivity index (χ1v) is 11.7. The number of ether oxygens (including phenoxy) is 1. The summed E-state index contributed by atoms with van der Waals surface area (Å²) in [6.07, 6.45) is 5.07. The van der Waals surface area contributed by atoms with Crippen LogP contribution in [0.25, 0.3) is 4.91 Å². The van der Waals surface area contributed by atoms with Crippen molar-refractivity contribution in [3.8, 4) is 5.75 Å². The van der Waals surface area contributed by atoms with Crippen molar-refractivity contribution in [1.82, 2.24) is 4.90 Å². The fourth-order valence-corrected chi connectivity index (χ4v) is 5.73. The van der Waals surface area contributed by atoms with Crippen molar-refractivity contribution in [2.24, 2.45) is 17.3 Å². The Morgan fingerprint density at radius 3 is 2.63 bits per heavy atom. The summed E-state index contributed by atoms with van der Waals surface area (Å²) in [5.74, 6) is 0.343. The van der Waals surface area contributed by atoms with Crippen LogP contribution in [0.4, 0.5) is 0 Å². The molecule has 0 aromatic heterocycles. The zero-order chi connectivity index (χ0) is 21.9. The van der Waals surface area contributed by atoms with Gasteiger partial charge < -0.3 is 9.84 Å². The van der Waals surface area contributed by atoms with E-state index in [2.05, 4.69) is 50.8 Å². The first-order valence-electron chi connectivity index (χ1n) is 10.9. The van der Waals surface area contributed by atoms with Crippen LogP contribution in [0, 0.1) is 17.3 Å². The van der Waals surface area contributed by atoms with Crippen LogP contribution >= 0.6 is 11.8 Å². The minimum atomic E-state index is -0.665. The van der Waals surface area contributed by atoms with Gasteiger partial charge in [-0.25, -0.2) is 0 Å². The number of hydrogen-bond acceptors (Lipinski definition) is 4. The van der Waals surface area contributed by atoms with Gasteiger partial charge in [0.1, 0.15) is 5.75 Å². The van der Waals surface area contributed by atoms with Crippen LogP contribution < -0.4 is 4.74 Å². The van der Waals surface area contributed by atoms with Crippen molar-refractivity contribution in [1.29, 1.82) is 0 Å². The number of carboxylic acid groups (broad SMARTS) is 1. The van der Waals surface area contributed by atoms with Crippen LogP contribution in [0.1, 0.15) is 52.5 Å². The van der Waals surface area contributed by atoms with Gasteiger partial charge in [0, 0.05) is 35.0 Å². The third-order valence-corrected chi connectivity index (χ3v) is 7.66. The summed E-state index contributed by atoms with van der Waals surface area (Å²) < 4.78 is 5.63. The molecule has 2 aliphatic heterocycles. The van der Waals surface area contributed by atoms with Gasteiger partial charge in [0.2, 0.25) is 0 Å². The number of para-hydroxylation sites is 1. The van der Waals surface area contributed by atoms with Gasteiger partial charge in [-0.05, 0) is 36.7 Å². The number of rotatable bonds is 6. The van der Waals surface area contributed by atoms with Gasteiger partial charge in [0.05, 0.1) is 13.0 Å². The van der Waals surface area contributed by atoms with Gasteiger partial charge in [0.15, 0.2) is 0 Å². The average Bonchev–Trinajstić information content (AvgIpc) is 2.72. The van der Waals surface area contributed by atoms with Crippen LogP contribution in [0.5, 0.6) is 5.75 Å². The van der Waals surface area contributed by atoms with Crippen LogP contribution in [0.15, 0.2) is 40.8 Å². The molecule has 2 heterocycles. The lowest BCUT2D eigenvalue weighted by atomic mass is 9.73. The molecular formula is C25H35NO3S. The number of likely N-dealkylation sites (tertiary alicyclic amines) is 1. The Kier molecular flexibility index (Phi) is 7.35. The van der Waals surface area contributed by atoms with Crippen LogP contribution in [0.2, 0.25) is 0 Å². The average molecular weight is 430 g/mol. The Hall–Kier alpha value is -1.72. The number of aliphatic carboxylic acids is 1. The maximum absolute atomic E-state index is 11.8. The SMILES string of the molecule is CCC1=C(c2ccccc2OC)SC(CN2CC(C(C)(C)C)C[C@@H](C(=O)O)C2)=CC1. The molecule has 30 heavy (non-hydrogen) atoms. The molecule has 1 N–H and O–H groups in total. The molecule has 1 fully saturated rings. The summed E-state index contributed by atoms with van der Waals surface area (Å²) in [5, 5.41) is 9.69.